The smallest absolute Gasteiger partial charge is 0.308 e. The normalized spacial score (nSPS) is 21.2. The molecule has 0 aromatic carbocycles. The average Bonchev–Trinajstić information content (AvgIpc) is 2.91. The highest BCUT2D eigenvalue weighted by atomic mass is 35.5. The summed E-state index contributed by atoms with van der Waals surface area (Å²) in [6.07, 6.45) is 5.26. The highest BCUT2D eigenvalue weighted by molar-refractivity contribution is 6.33. The molecule has 0 amide bonds. The fourth-order valence-electron chi connectivity index (χ4n) is 3.55. The number of hydrogen-bond acceptors (Lipinski definition) is 5. The predicted octanol–water partition coefficient (Wildman–Crippen LogP) is 3.42. The third kappa shape index (κ3) is 3.11. The third-order valence-corrected chi connectivity index (χ3v) is 5.10. The Balaban J connectivity index is 1.88. The van der Waals surface area contributed by atoms with Crippen molar-refractivity contribution in [3.63, 3.8) is 0 Å². The molecule has 1 saturated carbocycles. The summed E-state index contributed by atoms with van der Waals surface area (Å²) >= 11 is 6.42. The van der Waals surface area contributed by atoms with Gasteiger partial charge in [0.15, 0.2) is 5.15 Å². The van der Waals surface area contributed by atoms with Crippen LogP contribution in [-0.4, -0.2) is 32.8 Å². The van der Waals surface area contributed by atoms with Gasteiger partial charge in [-0.3, -0.25) is 9.48 Å². The van der Waals surface area contributed by atoms with Crippen molar-refractivity contribution < 1.29 is 9.53 Å². The van der Waals surface area contributed by atoms with Gasteiger partial charge in [0.25, 0.3) is 0 Å². The van der Waals surface area contributed by atoms with Gasteiger partial charge in [0.1, 0.15) is 16.9 Å². The first kappa shape index (κ1) is 17.1. The Bertz CT molecular complexity index is 751. The summed E-state index contributed by atoms with van der Waals surface area (Å²) in [6, 6.07) is 0. The number of methoxy groups -OCH3 is 1. The van der Waals surface area contributed by atoms with Crippen molar-refractivity contribution in [1.29, 1.82) is 0 Å². The molecule has 0 bridgehead atoms. The van der Waals surface area contributed by atoms with E-state index in [-0.39, 0.29) is 17.8 Å². The molecule has 1 aliphatic carbocycles. The number of aryl methyl sites for hydroxylation is 2. The van der Waals surface area contributed by atoms with Crippen molar-refractivity contribution in [2.45, 2.75) is 51.4 Å². The number of fused-ring (bicyclic) bond motifs is 1. The second-order valence-corrected chi connectivity index (χ2v) is 6.82. The molecule has 1 aliphatic rings. The highest BCUT2D eigenvalue weighted by Crippen LogP contribution is 2.36. The van der Waals surface area contributed by atoms with Gasteiger partial charge in [0.05, 0.1) is 18.7 Å². The molecule has 0 atom stereocenters. The minimum absolute atomic E-state index is 0.000465. The second-order valence-electron chi connectivity index (χ2n) is 6.46. The topological polar surface area (TPSA) is 69.9 Å². The fourth-order valence-corrected chi connectivity index (χ4v) is 3.85. The van der Waals surface area contributed by atoms with E-state index in [0.717, 1.165) is 61.1 Å². The monoisotopic (exact) mass is 350 g/mol. The maximum absolute atomic E-state index is 11.7. The first-order valence-corrected chi connectivity index (χ1v) is 8.89. The van der Waals surface area contributed by atoms with Gasteiger partial charge < -0.3 is 4.74 Å². The van der Waals surface area contributed by atoms with E-state index in [0.29, 0.717) is 5.15 Å². The molecule has 24 heavy (non-hydrogen) atoms. The molecule has 0 aliphatic heterocycles. The molecule has 130 valence electrons. The van der Waals surface area contributed by atoms with Gasteiger partial charge in [-0.05, 0) is 32.1 Å². The molecule has 0 N–H and O–H groups in total. The zero-order valence-electron chi connectivity index (χ0n) is 14.4. The quantitative estimate of drug-likeness (QED) is 0.624. The van der Waals surface area contributed by atoms with Crippen molar-refractivity contribution >= 4 is 28.6 Å². The van der Waals surface area contributed by atoms with Crippen molar-refractivity contribution in [3.05, 3.63) is 16.7 Å². The summed E-state index contributed by atoms with van der Waals surface area (Å²) in [4.78, 5) is 21.0. The van der Waals surface area contributed by atoms with Crippen molar-refractivity contribution in [1.82, 2.24) is 19.7 Å². The lowest BCUT2D eigenvalue weighted by Gasteiger charge is -2.25. The lowest BCUT2D eigenvalue weighted by Crippen LogP contribution is -2.23. The summed E-state index contributed by atoms with van der Waals surface area (Å²) in [5.74, 6) is 0.906. The molecule has 2 aromatic heterocycles. The van der Waals surface area contributed by atoms with Crippen LogP contribution in [0.25, 0.3) is 11.0 Å². The lowest BCUT2D eigenvalue weighted by molar-refractivity contribution is -0.146. The van der Waals surface area contributed by atoms with E-state index in [1.54, 1.807) is 4.68 Å². The second kappa shape index (κ2) is 7.05. The van der Waals surface area contributed by atoms with E-state index < -0.39 is 0 Å². The summed E-state index contributed by atoms with van der Waals surface area (Å²) < 4.78 is 6.61. The van der Waals surface area contributed by atoms with Crippen LogP contribution in [0.1, 0.15) is 56.5 Å². The summed E-state index contributed by atoms with van der Waals surface area (Å²) in [5.41, 5.74) is 2.64. The van der Waals surface area contributed by atoms with Crippen LogP contribution in [0.15, 0.2) is 0 Å². The number of aromatic nitrogens is 4. The van der Waals surface area contributed by atoms with Crippen LogP contribution in [0.5, 0.6) is 0 Å². The van der Waals surface area contributed by atoms with Crippen LogP contribution in [0.2, 0.25) is 5.15 Å². The molecule has 0 radical (unpaired) electrons. The van der Waals surface area contributed by atoms with Crippen LogP contribution in [-0.2, 0) is 23.0 Å². The summed E-state index contributed by atoms with van der Waals surface area (Å²) in [5, 5.41) is 5.00. The van der Waals surface area contributed by atoms with Gasteiger partial charge >= 0.3 is 5.97 Å². The van der Waals surface area contributed by atoms with E-state index in [1.807, 2.05) is 7.05 Å². The third-order valence-electron chi connectivity index (χ3n) is 4.84. The Morgan fingerprint density at radius 3 is 2.62 bits per heavy atom. The number of carbonyl (C=O) groups excluding carboxylic acids is 1. The first-order valence-electron chi connectivity index (χ1n) is 8.52. The molecule has 3 rings (SSSR count). The number of carbonyl (C=O) groups is 1. The zero-order chi connectivity index (χ0) is 17.3. The van der Waals surface area contributed by atoms with E-state index in [1.165, 1.54) is 7.11 Å². The Morgan fingerprint density at radius 1 is 1.29 bits per heavy atom. The molecule has 7 heteroatoms. The number of nitrogens with zero attached hydrogens (tertiary/aromatic N) is 4. The summed E-state index contributed by atoms with van der Waals surface area (Å²) in [7, 11) is 3.32. The lowest BCUT2D eigenvalue weighted by atomic mass is 9.81. The van der Waals surface area contributed by atoms with Crippen LogP contribution < -0.4 is 0 Å². The molecule has 1 fully saturated rings. The van der Waals surface area contributed by atoms with Crippen molar-refractivity contribution in [2.24, 2.45) is 13.0 Å². The highest BCUT2D eigenvalue weighted by Gasteiger charge is 2.30. The van der Waals surface area contributed by atoms with Crippen LogP contribution in [0, 0.1) is 5.92 Å². The molecular weight excluding hydrogens is 328 g/mol. The van der Waals surface area contributed by atoms with E-state index in [9.17, 15) is 4.79 Å². The zero-order valence-corrected chi connectivity index (χ0v) is 15.1. The van der Waals surface area contributed by atoms with Crippen molar-refractivity contribution in [3.8, 4) is 0 Å². The average molecular weight is 351 g/mol. The standard InChI is InChI=1S/C17H23ClN4O2/c1-4-5-12-13-14(22(2)21-12)15(18)20-16(19-13)10-6-8-11(9-7-10)17(23)24-3/h10-11H,4-9H2,1-3H3. The molecule has 0 saturated heterocycles. The molecule has 6 nitrogen and oxygen atoms in total. The minimum atomic E-state index is -0.111. The Hall–Kier alpha value is -1.69. The van der Waals surface area contributed by atoms with Gasteiger partial charge in [-0.25, -0.2) is 9.97 Å². The Morgan fingerprint density at radius 2 is 2.00 bits per heavy atom. The number of esters is 1. The largest absolute Gasteiger partial charge is 0.469 e. The predicted molar refractivity (Wildman–Crippen MR) is 92.0 cm³/mol. The SMILES string of the molecule is CCCc1nn(C)c2c(Cl)nc(C3CCC(C(=O)OC)CC3)nc12. The van der Waals surface area contributed by atoms with E-state index in [2.05, 4.69) is 17.0 Å². The van der Waals surface area contributed by atoms with Gasteiger partial charge in [-0.1, -0.05) is 24.9 Å². The van der Waals surface area contributed by atoms with Gasteiger partial charge in [-0.2, -0.15) is 5.10 Å². The van der Waals surface area contributed by atoms with Crippen LogP contribution >= 0.6 is 11.6 Å². The van der Waals surface area contributed by atoms with Gasteiger partial charge in [-0.15, -0.1) is 0 Å². The van der Waals surface area contributed by atoms with Gasteiger partial charge in [0, 0.05) is 13.0 Å². The first-order chi connectivity index (χ1) is 11.5. The van der Waals surface area contributed by atoms with Gasteiger partial charge in [0.2, 0.25) is 0 Å². The summed E-state index contributed by atoms with van der Waals surface area (Å²) in [6.45, 7) is 2.12. The molecular formula is C17H23ClN4O2. The number of ether oxygens (including phenoxy) is 1. The molecule has 0 spiro atoms. The maximum atomic E-state index is 11.7. The van der Waals surface area contributed by atoms with Crippen LogP contribution in [0.4, 0.5) is 0 Å². The van der Waals surface area contributed by atoms with E-state index >= 15 is 0 Å². The minimum Gasteiger partial charge on any atom is -0.469 e. The maximum Gasteiger partial charge on any atom is 0.308 e. The Kier molecular flexibility index (Phi) is 5.04. The number of rotatable bonds is 4. The molecule has 2 aromatic rings. The van der Waals surface area contributed by atoms with E-state index in [4.69, 9.17) is 21.3 Å². The number of halogens is 1. The van der Waals surface area contributed by atoms with Crippen LogP contribution in [0.3, 0.4) is 0 Å². The Labute approximate surface area is 146 Å². The fraction of sp³-hybridized carbons (Fsp3) is 0.647. The number of hydrogen-bond donors (Lipinski definition) is 0. The van der Waals surface area contributed by atoms with Crippen molar-refractivity contribution in [2.75, 3.05) is 7.11 Å². The molecule has 0 unspecified atom stereocenters. The molecule has 2 heterocycles.